The van der Waals surface area contributed by atoms with Crippen molar-refractivity contribution in [3.05, 3.63) is 66.7 Å². The Morgan fingerprint density at radius 3 is 2.18 bits per heavy atom. The number of ether oxygens (including phenoxy) is 1. The van der Waals surface area contributed by atoms with Gasteiger partial charge in [-0.2, -0.15) is 0 Å². The molecule has 0 aromatic heterocycles. The maximum absolute atomic E-state index is 5.90. The molecule has 1 heterocycles. The summed E-state index contributed by atoms with van der Waals surface area (Å²) in [6.45, 7) is 3.36. The van der Waals surface area contributed by atoms with E-state index in [0.29, 0.717) is 0 Å². The lowest BCUT2D eigenvalue weighted by Gasteiger charge is -2.20. The Hall–Kier alpha value is -1.80. The van der Waals surface area contributed by atoms with Crippen LogP contribution in [0.1, 0.15) is 6.42 Å². The quantitative estimate of drug-likeness (QED) is 0.374. The summed E-state index contributed by atoms with van der Waals surface area (Å²) in [6.07, 6.45) is 5.93. The van der Waals surface area contributed by atoms with Gasteiger partial charge in [-0.1, -0.05) is 67.2 Å². The summed E-state index contributed by atoms with van der Waals surface area (Å²) < 4.78 is 5.90. The van der Waals surface area contributed by atoms with Crippen molar-refractivity contribution in [3.63, 3.8) is 0 Å². The standard InChI is InChI=1S/C20H24OSi/c1-22(15-5-6-16-22)17-7-14-21-20-12-10-19(11-13-20)18-8-3-2-4-9-18/h2-6,8-13H,7,14-17H2,1H3. The van der Waals surface area contributed by atoms with Crippen LogP contribution < -0.4 is 4.74 Å². The van der Waals surface area contributed by atoms with E-state index in [-0.39, 0.29) is 0 Å². The van der Waals surface area contributed by atoms with Gasteiger partial charge in [0.1, 0.15) is 5.75 Å². The maximum Gasteiger partial charge on any atom is 0.119 e. The smallest absolute Gasteiger partial charge is 0.119 e. The van der Waals surface area contributed by atoms with Gasteiger partial charge in [0.05, 0.1) is 14.7 Å². The molecule has 0 spiro atoms. The predicted molar refractivity (Wildman–Crippen MR) is 97.2 cm³/mol. The Kier molecular flexibility index (Phi) is 4.79. The summed E-state index contributed by atoms with van der Waals surface area (Å²) in [4.78, 5) is 0. The van der Waals surface area contributed by atoms with E-state index in [4.69, 9.17) is 4.74 Å². The van der Waals surface area contributed by atoms with E-state index in [1.165, 1.54) is 35.7 Å². The van der Waals surface area contributed by atoms with Gasteiger partial charge in [0, 0.05) is 0 Å². The first-order valence-corrected chi connectivity index (χ1v) is 11.3. The van der Waals surface area contributed by atoms with Crippen LogP contribution in [0.3, 0.4) is 0 Å². The van der Waals surface area contributed by atoms with Gasteiger partial charge < -0.3 is 4.74 Å². The minimum atomic E-state index is -0.969. The lowest BCUT2D eigenvalue weighted by atomic mass is 10.1. The predicted octanol–water partition coefficient (Wildman–Crippen LogP) is 5.77. The molecule has 0 bridgehead atoms. The Balaban J connectivity index is 1.47. The average Bonchev–Trinajstić information content (AvgIpc) is 3.00. The van der Waals surface area contributed by atoms with Gasteiger partial charge in [-0.15, -0.1) is 0 Å². The monoisotopic (exact) mass is 308 g/mol. The van der Waals surface area contributed by atoms with Crippen LogP contribution in [0, 0.1) is 0 Å². The highest BCUT2D eigenvalue weighted by Gasteiger charge is 2.26. The molecule has 0 aliphatic carbocycles. The zero-order chi connectivity index (χ0) is 15.3. The van der Waals surface area contributed by atoms with Crippen molar-refractivity contribution in [3.8, 4) is 16.9 Å². The normalized spacial score (nSPS) is 15.9. The lowest BCUT2D eigenvalue weighted by Crippen LogP contribution is -2.25. The molecule has 0 N–H and O–H groups in total. The molecule has 0 saturated carbocycles. The summed E-state index contributed by atoms with van der Waals surface area (Å²) >= 11 is 0. The van der Waals surface area contributed by atoms with E-state index in [1.54, 1.807) is 0 Å². The zero-order valence-corrected chi connectivity index (χ0v) is 14.3. The third-order valence-corrected chi connectivity index (χ3v) is 8.55. The first kappa shape index (κ1) is 15.1. The molecule has 0 fully saturated rings. The Morgan fingerprint density at radius 1 is 0.864 bits per heavy atom. The van der Waals surface area contributed by atoms with E-state index >= 15 is 0 Å². The lowest BCUT2D eigenvalue weighted by molar-refractivity contribution is 0.317. The highest BCUT2D eigenvalue weighted by Crippen LogP contribution is 2.29. The molecule has 0 amide bonds. The second-order valence-corrected chi connectivity index (χ2v) is 11.5. The minimum Gasteiger partial charge on any atom is -0.494 e. The summed E-state index contributed by atoms with van der Waals surface area (Å²) in [5.41, 5.74) is 2.49. The highest BCUT2D eigenvalue weighted by atomic mass is 28.3. The molecule has 2 aromatic rings. The molecule has 1 aliphatic heterocycles. The first-order chi connectivity index (χ1) is 10.8. The molecule has 0 radical (unpaired) electrons. The third kappa shape index (κ3) is 3.89. The minimum absolute atomic E-state index is 0.841. The van der Waals surface area contributed by atoms with Gasteiger partial charge in [0.15, 0.2) is 0 Å². The van der Waals surface area contributed by atoms with Gasteiger partial charge in [-0.3, -0.25) is 0 Å². The average molecular weight is 308 g/mol. The summed E-state index contributed by atoms with van der Waals surface area (Å²) in [7, 11) is -0.969. The second kappa shape index (κ2) is 6.97. The molecule has 3 rings (SSSR count). The fourth-order valence-corrected chi connectivity index (χ4v) is 6.13. The molecular weight excluding hydrogens is 284 g/mol. The number of hydrogen-bond donors (Lipinski definition) is 0. The van der Waals surface area contributed by atoms with E-state index in [9.17, 15) is 0 Å². The van der Waals surface area contributed by atoms with E-state index in [2.05, 4.69) is 67.2 Å². The molecule has 1 aliphatic rings. The van der Waals surface area contributed by atoms with Crippen LogP contribution in [-0.2, 0) is 0 Å². The number of allylic oxidation sites excluding steroid dienone is 2. The van der Waals surface area contributed by atoms with E-state index in [1.807, 2.05) is 6.07 Å². The van der Waals surface area contributed by atoms with E-state index < -0.39 is 8.07 Å². The zero-order valence-electron chi connectivity index (χ0n) is 13.3. The summed E-state index contributed by atoms with van der Waals surface area (Å²) in [6, 6.07) is 23.0. The van der Waals surface area contributed by atoms with Crippen molar-refractivity contribution in [2.75, 3.05) is 6.61 Å². The van der Waals surface area contributed by atoms with Crippen LogP contribution in [0.5, 0.6) is 5.75 Å². The van der Waals surface area contributed by atoms with Crippen LogP contribution in [-0.4, -0.2) is 14.7 Å². The first-order valence-electron chi connectivity index (χ1n) is 8.19. The molecule has 0 unspecified atom stereocenters. The molecule has 1 nitrogen and oxygen atoms in total. The van der Waals surface area contributed by atoms with Gasteiger partial charge in [-0.25, -0.2) is 0 Å². The third-order valence-electron chi connectivity index (χ3n) is 4.54. The molecule has 114 valence electrons. The molecule has 0 atom stereocenters. The Morgan fingerprint density at radius 2 is 1.50 bits per heavy atom. The van der Waals surface area contributed by atoms with Crippen molar-refractivity contribution >= 4 is 8.07 Å². The fourth-order valence-electron chi connectivity index (χ4n) is 3.09. The maximum atomic E-state index is 5.90. The van der Waals surface area contributed by atoms with Crippen molar-refractivity contribution in [1.29, 1.82) is 0 Å². The molecule has 2 aromatic carbocycles. The molecule has 0 saturated heterocycles. The number of hydrogen-bond acceptors (Lipinski definition) is 1. The van der Waals surface area contributed by atoms with Gasteiger partial charge in [0.25, 0.3) is 0 Å². The van der Waals surface area contributed by atoms with Crippen LogP contribution in [0.25, 0.3) is 11.1 Å². The van der Waals surface area contributed by atoms with E-state index in [0.717, 1.165) is 12.4 Å². The summed E-state index contributed by atoms with van der Waals surface area (Å²) in [5.74, 6) is 0.982. The van der Waals surface area contributed by atoms with Gasteiger partial charge in [-0.05, 0) is 41.8 Å². The van der Waals surface area contributed by atoms with Crippen molar-refractivity contribution in [2.45, 2.75) is 31.1 Å². The van der Waals surface area contributed by atoms with Crippen LogP contribution >= 0.6 is 0 Å². The van der Waals surface area contributed by atoms with Crippen molar-refractivity contribution in [1.82, 2.24) is 0 Å². The molecule has 22 heavy (non-hydrogen) atoms. The number of benzene rings is 2. The Labute approximate surface area is 134 Å². The Bertz CT molecular complexity index is 608. The van der Waals surface area contributed by atoms with Crippen LogP contribution in [0.4, 0.5) is 0 Å². The number of rotatable bonds is 6. The summed E-state index contributed by atoms with van der Waals surface area (Å²) in [5, 5.41) is 0. The topological polar surface area (TPSA) is 9.23 Å². The molecule has 2 heteroatoms. The highest BCUT2D eigenvalue weighted by molar-refractivity contribution is 6.80. The fraction of sp³-hybridized carbons (Fsp3) is 0.300. The van der Waals surface area contributed by atoms with Gasteiger partial charge >= 0.3 is 0 Å². The largest absolute Gasteiger partial charge is 0.494 e. The SMILES string of the molecule is C[Si]1(CCCOc2ccc(-c3ccccc3)cc2)CC=CC1. The second-order valence-electron chi connectivity index (χ2n) is 6.53. The van der Waals surface area contributed by atoms with Crippen LogP contribution in [0.15, 0.2) is 66.7 Å². The van der Waals surface area contributed by atoms with Crippen molar-refractivity contribution < 1.29 is 4.74 Å². The van der Waals surface area contributed by atoms with Gasteiger partial charge in [0.2, 0.25) is 0 Å². The van der Waals surface area contributed by atoms with Crippen molar-refractivity contribution in [2.24, 2.45) is 0 Å². The molecular formula is C20H24OSi. The van der Waals surface area contributed by atoms with Crippen LogP contribution in [0.2, 0.25) is 24.7 Å².